The lowest BCUT2D eigenvalue weighted by Gasteiger charge is -2.14. The van der Waals surface area contributed by atoms with Crippen molar-refractivity contribution in [1.29, 1.82) is 0 Å². The Hall–Kier alpha value is -0.150. The van der Waals surface area contributed by atoms with Gasteiger partial charge >= 0.3 is 0 Å². The second-order valence-electron chi connectivity index (χ2n) is 4.64. The van der Waals surface area contributed by atoms with Crippen LogP contribution < -0.4 is 0 Å². The van der Waals surface area contributed by atoms with Crippen LogP contribution in [-0.4, -0.2) is 58.8 Å². The zero-order valence-electron chi connectivity index (χ0n) is 9.07. The molecule has 0 spiro atoms. The predicted octanol–water partition coefficient (Wildman–Crippen LogP) is -1.22. The number of sulfone groups is 3. The van der Waals surface area contributed by atoms with Gasteiger partial charge in [0.25, 0.3) is 0 Å². The maximum Gasteiger partial charge on any atom is 0.158 e. The molecule has 2 saturated heterocycles. The Morgan fingerprint density at radius 2 is 1.12 bits per heavy atom. The fourth-order valence-electron chi connectivity index (χ4n) is 2.31. The first-order valence-electron chi connectivity index (χ1n) is 5.26. The van der Waals surface area contributed by atoms with Gasteiger partial charge in [-0.2, -0.15) is 0 Å². The molecule has 0 amide bonds. The molecule has 2 fully saturated rings. The summed E-state index contributed by atoms with van der Waals surface area (Å²) in [6.07, 6.45) is 0.197. The van der Waals surface area contributed by atoms with E-state index >= 15 is 0 Å². The standard InChI is InChI=1S/C8H14O6S3/c9-15(10)3-1-7(5-15)17(13,14)8-2-4-16(11,12)6-8/h7-8H,1-6H2/t7-,8-/m1/s1. The number of hydrogen-bond donors (Lipinski definition) is 0. The molecule has 0 saturated carbocycles. The lowest BCUT2D eigenvalue weighted by molar-refractivity contribution is 0.569. The highest BCUT2D eigenvalue weighted by atomic mass is 32.2. The molecule has 0 N–H and O–H groups in total. The Balaban J connectivity index is 2.22. The average Bonchev–Trinajstić information content (AvgIpc) is 2.69. The summed E-state index contributed by atoms with van der Waals surface area (Å²) in [4.78, 5) is 0. The molecule has 0 aliphatic carbocycles. The molecule has 9 heteroatoms. The van der Waals surface area contributed by atoms with Gasteiger partial charge < -0.3 is 0 Å². The zero-order valence-corrected chi connectivity index (χ0v) is 11.5. The summed E-state index contributed by atoms with van der Waals surface area (Å²) in [6, 6.07) is 0. The summed E-state index contributed by atoms with van der Waals surface area (Å²) < 4.78 is 69.2. The van der Waals surface area contributed by atoms with Crippen LogP contribution in [0.1, 0.15) is 12.8 Å². The van der Waals surface area contributed by atoms with E-state index in [-0.39, 0.29) is 35.9 Å². The van der Waals surface area contributed by atoms with E-state index in [9.17, 15) is 25.3 Å². The molecule has 0 radical (unpaired) electrons. The molecule has 2 rings (SSSR count). The summed E-state index contributed by atoms with van der Waals surface area (Å²) in [6.45, 7) is 0. The van der Waals surface area contributed by atoms with Crippen LogP contribution in [0.5, 0.6) is 0 Å². The lowest BCUT2D eigenvalue weighted by atomic mass is 10.4. The molecule has 2 aliphatic rings. The van der Waals surface area contributed by atoms with Crippen LogP contribution in [0, 0.1) is 0 Å². The van der Waals surface area contributed by atoms with Crippen LogP contribution in [0.15, 0.2) is 0 Å². The van der Waals surface area contributed by atoms with Gasteiger partial charge in [-0.1, -0.05) is 0 Å². The minimum Gasteiger partial charge on any atom is -0.229 e. The molecular formula is C8H14O6S3. The molecule has 2 heterocycles. The lowest BCUT2D eigenvalue weighted by Crippen LogP contribution is -2.33. The molecule has 2 aliphatic heterocycles. The van der Waals surface area contributed by atoms with E-state index < -0.39 is 40.0 Å². The number of rotatable bonds is 2. The topological polar surface area (TPSA) is 102 Å². The van der Waals surface area contributed by atoms with Crippen molar-refractivity contribution >= 4 is 29.5 Å². The van der Waals surface area contributed by atoms with Crippen molar-refractivity contribution < 1.29 is 25.3 Å². The Bertz CT molecular complexity index is 562. The van der Waals surface area contributed by atoms with Crippen LogP contribution >= 0.6 is 0 Å². The van der Waals surface area contributed by atoms with E-state index in [1.807, 2.05) is 0 Å². The highest BCUT2D eigenvalue weighted by molar-refractivity contribution is 7.98. The molecular weight excluding hydrogens is 288 g/mol. The third kappa shape index (κ3) is 2.65. The molecule has 0 bridgehead atoms. The van der Waals surface area contributed by atoms with Crippen molar-refractivity contribution in [3.8, 4) is 0 Å². The second kappa shape index (κ2) is 3.92. The third-order valence-corrected chi connectivity index (χ3v) is 9.93. The van der Waals surface area contributed by atoms with Crippen LogP contribution in [-0.2, 0) is 29.5 Å². The quantitative estimate of drug-likeness (QED) is 0.633. The van der Waals surface area contributed by atoms with E-state index in [0.29, 0.717) is 0 Å². The van der Waals surface area contributed by atoms with Gasteiger partial charge in [-0.15, -0.1) is 0 Å². The second-order valence-corrected chi connectivity index (χ2v) is 11.6. The molecule has 0 aromatic rings. The number of hydrogen-bond acceptors (Lipinski definition) is 6. The maximum absolute atomic E-state index is 12.1. The van der Waals surface area contributed by atoms with Gasteiger partial charge in [0.1, 0.15) is 0 Å². The van der Waals surface area contributed by atoms with Crippen LogP contribution in [0.4, 0.5) is 0 Å². The van der Waals surface area contributed by atoms with Crippen molar-refractivity contribution in [3.05, 3.63) is 0 Å². The normalized spacial score (nSPS) is 36.0. The Labute approximate surface area is 101 Å². The van der Waals surface area contributed by atoms with E-state index in [1.165, 1.54) is 0 Å². The summed E-state index contributed by atoms with van der Waals surface area (Å²) in [5, 5.41) is -1.82. The van der Waals surface area contributed by atoms with Crippen LogP contribution in [0.25, 0.3) is 0 Å². The molecule has 100 valence electrons. The van der Waals surface area contributed by atoms with Crippen molar-refractivity contribution in [2.45, 2.75) is 23.3 Å². The van der Waals surface area contributed by atoms with Gasteiger partial charge in [0.2, 0.25) is 0 Å². The van der Waals surface area contributed by atoms with Crippen molar-refractivity contribution in [1.82, 2.24) is 0 Å². The SMILES string of the molecule is O=S1(=O)CC[C@@H](S(=O)(=O)[C@@H]2CCS(=O)(=O)C2)C1. The van der Waals surface area contributed by atoms with Gasteiger partial charge in [-0.25, -0.2) is 25.3 Å². The first-order chi connectivity index (χ1) is 7.62. The first kappa shape index (κ1) is 13.3. The fourth-order valence-corrected chi connectivity index (χ4v) is 9.90. The highest BCUT2D eigenvalue weighted by Crippen LogP contribution is 2.28. The fraction of sp³-hybridized carbons (Fsp3) is 1.00. The predicted molar refractivity (Wildman–Crippen MR) is 63.0 cm³/mol. The summed E-state index contributed by atoms with van der Waals surface area (Å²) >= 11 is 0. The van der Waals surface area contributed by atoms with Crippen LogP contribution in [0.3, 0.4) is 0 Å². The largest absolute Gasteiger partial charge is 0.229 e. The monoisotopic (exact) mass is 302 g/mol. The van der Waals surface area contributed by atoms with E-state index in [0.717, 1.165) is 0 Å². The van der Waals surface area contributed by atoms with Gasteiger partial charge in [0.05, 0.1) is 33.5 Å². The Morgan fingerprint density at radius 3 is 1.35 bits per heavy atom. The van der Waals surface area contributed by atoms with Gasteiger partial charge in [-0.05, 0) is 12.8 Å². The van der Waals surface area contributed by atoms with Crippen molar-refractivity contribution in [2.24, 2.45) is 0 Å². The third-order valence-electron chi connectivity index (χ3n) is 3.31. The molecule has 6 nitrogen and oxygen atoms in total. The maximum atomic E-state index is 12.1. The minimum absolute atomic E-state index is 0.0984. The Kier molecular flexibility index (Phi) is 3.07. The van der Waals surface area contributed by atoms with E-state index in [2.05, 4.69) is 0 Å². The van der Waals surface area contributed by atoms with E-state index in [1.54, 1.807) is 0 Å². The van der Waals surface area contributed by atoms with Crippen LogP contribution in [0.2, 0.25) is 0 Å². The summed E-state index contributed by atoms with van der Waals surface area (Å²) in [5.74, 6) is -0.940. The van der Waals surface area contributed by atoms with Gasteiger partial charge in [-0.3, -0.25) is 0 Å². The zero-order chi connectivity index (χ0) is 12.9. The smallest absolute Gasteiger partial charge is 0.158 e. The summed E-state index contributed by atoms with van der Waals surface area (Å²) in [7, 11) is -10.2. The Morgan fingerprint density at radius 1 is 0.765 bits per heavy atom. The minimum atomic E-state index is -3.64. The highest BCUT2D eigenvalue weighted by Gasteiger charge is 2.45. The van der Waals surface area contributed by atoms with E-state index in [4.69, 9.17) is 0 Å². The molecule has 0 unspecified atom stereocenters. The van der Waals surface area contributed by atoms with Crippen molar-refractivity contribution in [2.75, 3.05) is 23.0 Å². The van der Waals surface area contributed by atoms with Gasteiger partial charge in [0, 0.05) is 0 Å². The average molecular weight is 302 g/mol. The molecule has 17 heavy (non-hydrogen) atoms. The van der Waals surface area contributed by atoms with Gasteiger partial charge in [0.15, 0.2) is 29.5 Å². The molecule has 2 atom stereocenters. The molecule has 0 aromatic heterocycles. The van der Waals surface area contributed by atoms with Crippen molar-refractivity contribution in [3.63, 3.8) is 0 Å². The molecule has 0 aromatic carbocycles. The first-order valence-corrected chi connectivity index (χ1v) is 10.5. The summed E-state index contributed by atoms with van der Waals surface area (Å²) in [5.41, 5.74) is 0.